The van der Waals surface area contributed by atoms with Gasteiger partial charge >= 0.3 is 0 Å². The molecular formula is C28H37N3O. The van der Waals surface area contributed by atoms with Crippen molar-refractivity contribution in [3.63, 3.8) is 0 Å². The van der Waals surface area contributed by atoms with Gasteiger partial charge in [-0.2, -0.15) is 0 Å². The van der Waals surface area contributed by atoms with E-state index in [1.54, 1.807) is 5.56 Å². The summed E-state index contributed by atoms with van der Waals surface area (Å²) in [6.45, 7) is 9.17. The van der Waals surface area contributed by atoms with Gasteiger partial charge in [0, 0.05) is 30.7 Å². The van der Waals surface area contributed by atoms with Gasteiger partial charge in [-0.25, -0.2) is 0 Å². The summed E-state index contributed by atoms with van der Waals surface area (Å²) in [6.07, 6.45) is 6.36. The van der Waals surface area contributed by atoms with Gasteiger partial charge in [-0.3, -0.25) is 9.69 Å². The van der Waals surface area contributed by atoms with Crippen LogP contribution in [0.3, 0.4) is 0 Å². The number of piperidine rings is 1. The first-order chi connectivity index (χ1) is 15.5. The Labute approximate surface area is 192 Å². The van der Waals surface area contributed by atoms with Gasteiger partial charge in [-0.15, -0.1) is 0 Å². The van der Waals surface area contributed by atoms with E-state index in [-0.39, 0.29) is 5.91 Å². The first-order valence-corrected chi connectivity index (χ1v) is 12.5. The summed E-state index contributed by atoms with van der Waals surface area (Å²) in [6, 6.07) is 17.7. The Hall–Kier alpha value is -2.33. The monoisotopic (exact) mass is 431 g/mol. The molecule has 2 aromatic carbocycles. The molecule has 2 heterocycles. The molecule has 1 unspecified atom stereocenters. The zero-order valence-corrected chi connectivity index (χ0v) is 19.6. The molecule has 5 rings (SSSR count). The van der Waals surface area contributed by atoms with Crippen molar-refractivity contribution in [2.24, 2.45) is 11.1 Å². The maximum atomic E-state index is 12.0. The third-order valence-corrected chi connectivity index (χ3v) is 8.46. The molecule has 0 radical (unpaired) electrons. The number of para-hydroxylation sites is 1. The zero-order chi connectivity index (χ0) is 22.3. The van der Waals surface area contributed by atoms with Crippen molar-refractivity contribution < 1.29 is 4.79 Å². The van der Waals surface area contributed by atoms with E-state index in [0.29, 0.717) is 28.9 Å². The first-order valence-electron chi connectivity index (χ1n) is 12.5. The van der Waals surface area contributed by atoms with E-state index in [1.807, 2.05) is 18.2 Å². The molecule has 32 heavy (non-hydrogen) atoms. The molecule has 170 valence electrons. The first kappa shape index (κ1) is 21.5. The molecule has 1 aliphatic carbocycles. The summed E-state index contributed by atoms with van der Waals surface area (Å²) in [5.41, 5.74) is 10.8. The number of primary amides is 1. The number of anilines is 1. The Bertz CT molecular complexity index is 970. The molecule has 2 aliphatic heterocycles. The molecule has 4 nitrogen and oxygen atoms in total. The highest BCUT2D eigenvalue weighted by Crippen LogP contribution is 2.60. The molecule has 3 aliphatic rings. The number of carbonyl (C=O) groups excluding carboxylic acids is 1. The largest absolute Gasteiger partial charge is 0.371 e. The van der Waals surface area contributed by atoms with Crippen LogP contribution in [0, 0.1) is 5.41 Å². The molecule has 1 spiro atoms. The van der Waals surface area contributed by atoms with Crippen LogP contribution in [0.2, 0.25) is 0 Å². The topological polar surface area (TPSA) is 49.6 Å². The van der Waals surface area contributed by atoms with E-state index in [0.717, 1.165) is 18.8 Å². The SMILES string of the molecule is CC(C)c1ccccc1C1CC2(CCN(c3ccccc3C(N)=O)CC2)[C@H]1N1CCCC1. The van der Waals surface area contributed by atoms with Crippen molar-refractivity contribution in [1.29, 1.82) is 0 Å². The van der Waals surface area contributed by atoms with Gasteiger partial charge in [0.2, 0.25) is 0 Å². The second-order valence-electron chi connectivity index (χ2n) is 10.5. The summed E-state index contributed by atoms with van der Waals surface area (Å²) in [5.74, 6) is 0.884. The van der Waals surface area contributed by atoms with Crippen LogP contribution in [0.1, 0.15) is 79.3 Å². The van der Waals surface area contributed by atoms with Gasteiger partial charge in [0.15, 0.2) is 0 Å². The number of hydrogen-bond acceptors (Lipinski definition) is 3. The van der Waals surface area contributed by atoms with Gasteiger partial charge < -0.3 is 10.6 Å². The molecule has 2 atom stereocenters. The predicted molar refractivity (Wildman–Crippen MR) is 131 cm³/mol. The van der Waals surface area contributed by atoms with Crippen LogP contribution in [0.15, 0.2) is 48.5 Å². The highest BCUT2D eigenvalue weighted by atomic mass is 16.1. The van der Waals surface area contributed by atoms with E-state index in [2.05, 4.69) is 54.0 Å². The number of nitrogens with zero attached hydrogens (tertiary/aromatic N) is 2. The van der Waals surface area contributed by atoms with Gasteiger partial charge in [0.05, 0.1) is 5.56 Å². The van der Waals surface area contributed by atoms with Crippen LogP contribution >= 0.6 is 0 Å². The Balaban J connectivity index is 1.39. The van der Waals surface area contributed by atoms with Crippen molar-refractivity contribution in [2.75, 3.05) is 31.1 Å². The van der Waals surface area contributed by atoms with Crippen LogP contribution in [0.25, 0.3) is 0 Å². The Morgan fingerprint density at radius 1 is 0.969 bits per heavy atom. The van der Waals surface area contributed by atoms with Crippen LogP contribution < -0.4 is 10.6 Å². The minimum atomic E-state index is -0.329. The lowest BCUT2D eigenvalue weighted by molar-refractivity contribution is -0.0568. The summed E-state index contributed by atoms with van der Waals surface area (Å²) in [4.78, 5) is 17.2. The van der Waals surface area contributed by atoms with Gasteiger partial charge in [0.25, 0.3) is 5.91 Å². The molecule has 4 heteroatoms. The molecule has 1 amide bonds. The number of hydrogen-bond donors (Lipinski definition) is 1. The molecule has 2 aromatic rings. The summed E-state index contributed by atoms with van der Waals surface area (Å²) < 4.78 is 0. The third kappa shape index (κ3) is 3.63. The second kappa shape index (κ2) is 8.55. The average Bonchev–Trinajstić information content (AvgIpc) is 3.31. The fourth-order valence-electron chi connectivity index (χ4n) is 6.90. The van der Waals surface area contributed by atoms with Crippen LogP contribution in [-0.4, -0.2) is 43.0 Å². The Morgan fingerprint density at radius 2 is 1.62 bits per heavy atom. The van der Waals surface area contributed by atoms with E-state index < -0.39 is 0 Å². The van der Waals surface area contributed by atoms with Crippen LogP contribution in [0.4, 0.5) is 5.69 Å². The van der Waals surface area contributed by atoms with Crippen molar-refractivity contribution >= 4 is 11.6 Å². The Kier molecular flexibility index (Phi) is 5.75. The van der Waals surface area contributed by atoms with Crippen LogP contribution in [-0.2, 0) is 0 Å². The highest BCUT2D eigenvalue weighted by molar-refractivity contribution is 5.98. The highest BCUT2D eigenvalue weighted by Gasteiger charge is 2.57. The number of likely N-dealkylation sites (tertiary alicyclic amines) is 1. The smallest absolute Gasteiger partial charge is 0.250 e. The molecule has 0 aromatic heterocycles. The van der Waals surface area contributed by atoms with Crippen LogP contribution in [0.5, 0.6) is 0 Å². The van der Waals surface area contributed by atoms with Crippen molar-refractivity contribution in [3.05, 3.63) is 65.2 Å². The lowest BCUT2D eigenvalue weighted by Gasteiger charge is -2.62. The number of nitrogens with two attached hydrogens (primary N) is 1. The standard InChI is InChI=1S/C28H37N3O/c1-20(2)21-9-3-4-10-22(21)24-19-28(26(24)31-15-7-8-16-31)13-17-30(18-14-28)25-12-6-5-11-23(25)27(29)32/h3-6,9-12,20,24,26H,7-8,13-19H2,1-2H3,(H2,29,32)/t24?,26-/m0/s1. The van der Waals surface area contributed by atoms with E-state index in [1.165, 1.54) is 50.8 Å². The minimum Gasteiger partial charge on any atom is -0.371 e. The average molecular weight is 432 g/mol. The summed E-state index contributed by atoms with van der Waals surface area (Å²) in [5, 5.41) is 0. The van der Waals surface area contributed by atoms with E-state index in [9.17, 15) is 4.79 Å². The second-order valence-corrected chi connectivity index (χ2v) is 10.5. The van der Waals surface area contributed by atoms with Crippen molar-refractivity contribution in [2.45, 2.75) is 63.8 Å². The fraction of sp³-hybridized carbons (Fsp3) is 0.536. The predicted octanol–water partition coefficient (Wildman–Crippen LogP) is 5.15. The quantitative estimate of drug-likeness (QED) is 0.712. The van der Waals surface area contributed by atoms with Gasteiger partial charge in [-0.05, 0) is 79.8 Å². The molecule has 0 bridgehead atoms. The molecular weight excluding hydrogens is 394 g/mol. The lowest BCUT2D eigenvalue weighted by Crippen LogP contribution is -2.63. The molecule has 3 fully saturated rings. The summed E-state index contributed by atoms with van der Waals surface area (Å²) >= 11 is 0. The minimum absolute atomic E-state index is 0.329. The van der Waals surface area contributed by atoms with Crippen molar-refractivity contribution in [3.8, 4) is 0 Å². The fourth-order valence-corrected chi connectivity index (χ4v) is 6.90. The van der Waals surface area contributed by atoms with Gasteiger partial charge in [0.1, 0.15) is 0 Å². The zero-order valence-electron chi connectivity index (χ0n) is 19.6. The van der Waals surface area contributed by atoms with Crippen molar-refractivity contribution in [1.82, 2.24) is 4.90 Å². The third-order valence-electron chi connectivity index (χ3n) is 8.46. The van der Waals surface area contributed by atoms with Gasteiger partial charge in [-0.1, -0.05) is 50.2 Å². The molecule has 2 saturated heterocycles. The van der Waals surface area contributed by atoms with E-state index >= 15 is 0 Å². The Morgan fingerprint density at radius 3 is 2.31 bits per heavy atom. The normalized spacial score (nSPS) is 25.3. The number of benzene rings is 2. The lowest BCUT2D eigenvalue weighted by atomic mass is 9.51. The summed E-state index contributed by atoms with van der Waals surface area (Å²) in [7, 11) is 0. The van der Waals surface area contributed by atoms with E-state index in [4.69, 9.17) is 5.73 Å². The molecule has 1 saturated carbocycles. The number of amides is 1. The number of rotatable bonds is 5. The molecule has 2 N–H and O–H groups in total. The maximum Gasteiger partial charge on any atom is 0.250 e. The number of carbonyl (C=O) groups is 1. The maximum absolute atomic E-state index is 12.0.